The third kappa shape index (κ3) is 4.38. The lowest BCUT2D eigenvalue weighted by Crippen LogP contribution is -2.38. The van der Waals surface area contributed by atoms with Crippen molar-refractivity contribution < 1.29 is 4.79 Å². The predicted molar refractivity (Wildman–Crippen MR) is 80.8 cm³/mol. The van der Waals surface area contributed by atoms with Gasteiger partial charge in [0.2, 0.25) is 0 Å². The van der Waals surface area contributed by atoms with E-state index in [1.807, 2.05) is 20.2 Å². The first-order chi connectivity index (χ1) is 9.13. The van der Waals surface area contributed by atoms with Gasteiger partial charge in [0, 0.05) is 25.4 Å². The van der Waals surface area contributed by atoms with Crippen molar-refractivity contribution in [2.24, 2.45) is 0 Å². The van der Waals surface area contributed by atoms with Crippen LogP contribution in [0.4, 0.5) is 5.82 Å². The van der Waals surface area contributed by atoms with Gasteiger partial charge < -0.3 is 10.2 Å². The molecule has 1 heterocycles. The van der Waals surface area contributed by atoms with Gasteiger partial charge in [0.05, 0.1) is 0 Å². The molecule has 6 heteroatoms. The summed E-state index contributed by atoms with van der Waals surface area (Å²) >= 11 is 1.74. The number of carbonyl (C=O) groups excluding carboxylic acids is 1. The summed E-state index contributed by atoms with van der Waals surface area (Å²) in [6.07, 6.45) is 2.98. The smallest absolute Gasteiger partial charge is 0.274 e. The van der Waals surface area contributed by atoms with Crippen molar-refractivity contribution in [3.05, 3.63) is 17.8 Å². The molecule has 0 aliphatic heterocycles. The molecule has 1 aromatic rings. The standard InChI is InChI=1S/C13H22N4OS/c1-5-10(9-19-4)17(3)13(18)11-7-8-12(14-6-2)16-15-11/h7-8,10H,5-6,9H2,1-4H3,(H,14,16). The van der Waals surface area contributed by atoms with Crippen molar-refractivity contribution in [2.75, 3.05) is 30.9 Å². The quantitative estimate of drug-likeness (QED) is 0.830. The van der Waals surface area contributed by atoms with Crippen LogP contribution in [0.2, 0.25) is 0 Å². The fraction of sp³-hybridized carbons (Fsp3) is 0.615. The molecule has 19 heavy (non-hydrogen) atoms. The van der Waals surface area contributed by atoms with E-state index in [2.05, 4.69) is 22.4 Å². The molecule has 1 amide bonds. The molecule has 0 bridgehead atoms. The summed E-state index contributed by atoms with van der Waals surface area (Å²) in [6.45, 7) is 4.86. The van der Waals surface area contributed by atoms with Crippen LogP contribution >= 0.6 is 11.8 Å². The highest BCUT2D eigenvalue weighted by Crippen LogP contribution is 2.12. The van der Waals surface area contributed by atoms with E-state index in [0.29, 0.717) is 11.5 Å². The minimum absolute atomic E-state index is 0.0727. The maximum absolute atomic E-state index is 12.3. The molecule has 0 saturated heterocycles. The van der Waals surface area contributed by atoms with E-state index >= 15 is 0 Å². The number of amides is 1. The Kier molecular flexibility index (Phi) is 6.62. The van der Waals surface area contributed by atoms with Gasteiger partial charge in [-0.2, -0.15) is 11.8 Å². The summed E-state index contributed by atoms with van der Waals surface area (Å²) in [5.74, 6) is 1.55. The monoisotopic (exact) mass is 282 g/mol. The molecule has 0 radical (unpaired) electrons. The molecule has 1 rings (SSSR count). The summed E-state index contributed by atoms with van der Waals surface area (Å²) < 4.78 is 0. The molecule has 1 N–H and O–H groups in total. The van der Waals surface area contributed by atoms with E-state index in [0.717, 1.165) is 18.7 Å². The molecule has 0 aromatic carbocycles. The molecule has 0 spiro atoms. The summed E-state index contributed by atoms with van der Waals surface area (Å²) in [4.78, 5) is 14.0. The summed E-state index contributed by atoms with van der Waals surface area (Å²) in [6, 6.07) is 3.74. The number of nitrogens with one attached hydrogen (secondary N) is 1. The fourth-order valence-electron chi connectivity index (χ4n) is 1.76. The van der Waals surface area contributed by atoms with E-state index in [-0.39, 0.29) is 11.9 Å². The van der Waals surface area contributed by atoms with E-state index < -0.39 is 0 Å². The van der Waals surface area contributed by atoms with E-state index in [9.17, 15) is 4.79 Å². The molecule has 5 nitrogen and oxygen atoms in total. The zero-order valence-electron chi connectivity index (χ0n) is 12.0. The van der Waals surface area contributed by atoms with Crippen molar-refractivity contribution in [2.45, 2.75) is 26.3 Å². The third-order valence-electron chi connectivity index (χ3n) is 2.94. The zero-order valence-corrected chi connectivity index (χ0v) is 12.8. The minimum atomic E-state index is -0.0727. The number of carbonyl (C=O) groups is 1. The van der Waals surface area contributed by atoms with E-state index in [1.54, 1.807) is 28.8 Å². The summed E-state index contributed by atoms with van der Waals surface area (Å²) in [5, 5.41) is 11.0. The number of aromatic nitrogens is 2. The van der Waals surface area contributed by atoms with Gasteiger partial charge >= 0.3 is 0 Å². The highest BCUT2D eigenvalue weighted by molar-refractivity contribution is 7.98. The summed E-state index contributed by atoms with van der Waals surface area (Å²) in [7, 11) is 1.83. The van der Waals surface area contributed by atoms with Crippen LogP contribution in [0.1, 0.15) is 30.8 Å². The Morgan fingerprint density at radius 1 is 1.42 bits per heavy atom. The largest absolute Gasteiger partial charge is 0.369 e. The van der Waals surface area contributed by atoms with Crippen molar-refractivity contribution in [3.8, 4) is 0 Å². The molecule has 1 atom stereocenters. The Morgan fingerprint density at radius 3 is 2.63 bits per heavy atom. The van der Waals surface area contributed by atoms with Crippen molar-refractivity contribution in [1.82, 2.24) is 15.1 Å². The second-order valence-electron chi connectivity index (χ2n) is 4.27. The molecule has 0 saturated carbocycles. The maximum Gasteiger partial charge on any atom is 0.274 e. The van der Waals surface area contributed by atoms with Crippen LogP contribution in [-0.4, -0.2) is 52.6 Å². The number of anilines is 1. The average Bonchev–Trinajstić information content (AvgIpc) is 2.44. The number of hydrogen-bond acceptors (Lipinski definition) is 5. The number of nitrogens with zero attached hydrogens (tertiary/aromatic N) is 3. The minimum Gasteiger partial charge on any atom is -0.369 e. The lowest BCUT2D eigenvalue weighted by atomic mass is 10.2. The van der Waals surface area contributed by atoms with Gasteiger partial charge in [-0.15, -0.1) is 10.2 Å². The highest BCUT2D eigenvalue weighted by Gasteiger charge is 2.20. The van der Waals surface area contributed by atoms with Gasteiger partial charge in [0.1, 0.15) is 5.82 Å². The lowest BCUT2D eigenvalue weighted by Gasteiger charge is -2.26. The predicted octanol–water partition coefficient (Wildman–Crippen LogP) is 2.12. The fourth-order valence-corrected chi connectivity index (χ4v) is 2.61. The van der Waals surface area contributed by atoms with E-state index in [4.69, 9.17) is 0 Å². The second kappa shape index (κ2) is 7.99. The Hall–Kier alpha value is -1.30. The van der Waals surface area contributed by atoms with Gasteiger partial charge in [-0.1, -0.05) is 6.92 Å². The Balaban J connectivity index is 2.75. The van der Waals surface area contributed by atoms with Gasteiger partial charge in [-0.25, -0.2) is 0 Å². The van der Waals surface area contributed by atoms with Gasteiger partial charge in [0.15, 0.2) is 5.69 Å². The SMILES string of the molecule is CCNc1ccc(C(=O)N(C)C(CC)CSC)nn1. The van der Waals surface area contributed by atoms with Gasteiger partial charge in [0.25, 0.3) is 5.91 Å². The van der Waals surface area contributed by atoms with Crippen LogP contribution in [0.3, 0.4) is 0 Å². The maximum atomic E-state index is 12.3. The topological polar surface area (TPSA) is 58.1 Å². The molecular formula is C13H22N4OS. The summed E-state index contributed by atoms with van der Waals surface area (Å²) in [5.41, 5.74) is 0.392. The molecule has 0 aliphatic carbocycles. The molecule has 0 fully saturated rings. The highest BCUT2D eigenvalue weighted by atomic mass is 32.2. The Morgan fingerprint density at radius 2 is 2.16 bits per heavy atom. The van der Waals surface area contributed by atoms with E-state index in [1.165, 1.54) is 0 Å². The first-order valence-corrected chi connectivity index (χ1v) is 7.87. The third-order valence-corrected chi connectivity index (χ3v) is 3.66. The number of thioether (sulfide) groups is 1. The number of hydrogen-bond donors (Lipinski definition) is 1. The molecule has 1 unspecified atom stereocenters. The van der Waals surface area contributed by atoms with Crippen LogP contribution in [-0.2, 0) is 0 Å². The number of rotatable bonds is 7. The normalized spacial score (nSPS) is 12.0. The Bertz CT molecular complexity index is 396. The Labute approximate surface area is 119 Å². The van der Waals surface area contributed by atoms with Crippen LogP contribution in [0.5, 0.6) is 0 Å². The lowest BCUT2D eigenvalue weighted by molar-refractivity contribution is 0.0736. The first kappa shape index (κ1) is 15.8. The molecule has 106 valence electrons. The van der Waals surface area contributed by atoms with Crippen molar-refractivity contribution in [1.29, 1.82) is 0 Å². The van der Waals surface area contributed by atoms with Gasteiger partial charge in [-0.3, -0.25) is 4.79 Å². The van der Waals surface area contributed by atoms with Crippen molar-refractivity contribution in [3.63, 3.8) is 0 Å². The van der Waals surface area contributed by atoms with Crippen LogP contribution in [0.25, 0.3) is 0 Å². The zero-order chi connectivity index (χ0) is 14.3. The molecule has 0 aliphatic rings. The second-order valence-corrected chi connectivity index (χ2v) is 5.18. The van der Waals surface area contributed by atoms with Gasteiger partial charge in [-0.05, 0) is 31.7 Å². The first-order valence-electron chi connectivity index (χ1n) is 6.47. The van der Waals surface area contributed by atoms with Crippen LogP contribution in [0.15, 0.2) is 12.1 Å². The molecular weight excluding hydrogens is 260 g/mol. The van der Waals surface area contributed by atoms with Crippen LogP contribution in [0, 0.1) is 0 Å². The molecule has 1 aromatic heterocycles. The van der Waals surface area contributed by atoms with Crippen molar-refractivity contribution >= 4 is 23.5 Å². The van der Waals surface area contributed by atoms with Crippen LogP contribution < -0.4 is 5.32 Å². The average molecular weight is 282 g/mol.